The molecule has 1 aromatic rings. The zero-order chi connectivity index (χ0) is 12.0. The van der Waals surface area contributed by atoms with Crippen molar-refractivity contribution in [2.24, 2.45) is 0 Å². The molecule has 2 heterocycles. The molecule has 0 aliphatic carbocycles. The number of aliphatic carboxylic acids is 1. The van der Waals surface area contributed by atoms with Gasteiger partial charge < -0.3 is 9.84 Å². The molecule has 0 amide bonds. The van der Waals surface area contributed by atoms with E-state index in [1.54, 1.807) is 0 Å². The Kier molecular flexibility index (Phi) is 2.26. The Morgan fingerprint density at radius 1 is 1.47 bits per heavy atom. The number of benzene rings is 1. The van der Waals surface area contributed by atoms with Gasteiger partial charge >= 0.3 is 5.97 Å². The van der Waals surface area contributed by atoms with Crippen LogP contribution in [0.15, 0.2) is 24.3 Å². The second-order valence-corrected chi connectivity index (χ2v) is 5.17. The van der Waals surface area contributed by atoms with Crippen LogP contribution in [0.2, 0.25) is 0 Å². The van der Waals surface area contributed by atoms with Crippen molar-refractivity contribution in [2.75, 3.05) is 0 Å². The number of ether oxygens (including phenoxy) is 1. The third kappa shape index (κ3) is 1.42. The van der Waals surface area contributed by atoms with Crippen molar-refractivity contribution < 1.29 is 14.6 Å². The summed E-state index contributed by atoms with van der Waals surface area (Å²) in [6.07, 6.45) is 2.48. The Bertz CT molecular complexity index is 468. The summed E-state index contributed by atoms with van der Waals surface area (Å²) in [4.78, 5) is 11.7. The van der Waals surface area contributed by atoms with E-state index in [0.29, 0.717) is 6.42 Å². The minimum Gasteiger partial charge on any atom is -0.481 e. The van der Waals surface area contributed by atoms with Gasteiger partial charge in [-0.25, -0.2) is 0 Å². The number of aryl methyl sites for hydroxylation is 1. The van der Waals surface area contributed by atoms with E-state index in [2.05, 4.69) is 0 Å². The van der Waals surface area contributed by atoms with Crippen LogP contribution in [-0.2, 0) is 14.9 Å². The first-order chi connectivity index (χ1) is 8.13. The van der Waals surface area contributed by atoms with Crippen LogP contribution in [0.3, 0.4) is 0 Å². The lowest BCUT2D eigenvalue weighted by Crippen LogP contribution is -2.44. The van der Waals surface area contributed by atoms with Crippen LogP contribution in [-0.4, -0.2) is 23.3 Å². The molecular formula is C14H16O3. The fourth-order valence-corrected chi connectivity index (χ4v) is 3.28. The SMILES string of the molecule is Cc1cccc(C2(C(=O)O)CC3CCC2O3)c1. The van der Waals surface area contributed by atoms with Crippen molar-refractivity contribution in [1.29, 1.82) is 0 Å². The number of hydrogen-bond acceptors (Lipinski definition) is 2. The summed E-state index contributed by atoms with van der Waals surface area (Å²) >= 11 is 0. The van der Waals surface area contributed by atoms with Crippen LogP contribution >= 0.6 is 0 Å². The van der Waals surface area contributed by atoms with E-state index in [1.807, 2.05) is 31.2 Å². The molecule has 0 aromatic heterocycles. The summed E-state index contributed by atoms with van der Waals surface area (Å²) in [6.45, 7) is 1.99. The second kappa shape index (κ2) is 3.57. The molecule has 3 heteroatoms. The molecule has 17 heavy (non-hydrogen) atoms. The Morgan fingerprint density at radius 2 is 2.29 bits per heavy atom. The van der Waals surface area contributed by atoms with Crippen molar-refractivity contribution in [2.45, 2.75) is 43.8 Å². The number of carbonyl (C=O) groups is 1. The van der Waals surface area contributed by atoms with Gasteiger partial charge in [-0.3, -0.25) is 4.79 Å². The molecule has 3 rings (SSSR count). The maximum Gasteiger partial charge on any atom is 0.316 e. The van der Waals surface area contributed by atoms with Gasteiger partial charge in [-0.15, -0.1) is 0 Å². The lowest BCUT2D eigenvalue weighted by atomic mass is 9.69. The minimum absolute atomic E-state index is 0.136. The zero-order valence-electron chi connectivity index (χ0n) is 9.85. The van der Waals surface area contributed by atoms with E-state index in [4.69, 9.17) is 4.74 Å². The van der Waals surface area contributed by atoms with E-state index in [9.17, 15) is 9.90 Å². The molecule has 2 aliphatic rings. The Morgan fingerprint density at radius 3 is 2.82 bits per heavy atom. The molecule has 2 fully saturated rings. The van der Waals surface area contributed by atoms with Gasteiger partial charge in [-0.05, 0) is 31.7 Å². The molecule has 1 N–H and O–H groups in total. The van der Waals surface area contributed by atoms with Gasteiger partial charge in [0, 0.05) is 0 Å². The fraction of sp³-hybridized carbons (Fsp3) is 0.500. The molecule has 0 saturated carbocycles. The molecule has 0 radical (unpaired) electrons. The van der Waals surface area contributed by atoms with Crippen LogP contribution in [0.4, 0.5) is 0 Å². The van der Waals surface area contributed by atoms with E-state index in [1.165, 1.54) is 0 Å². The predicted octanol–water partition coefficient (Wildman–Crippen LogP) is 2.27. The third-order valence-corrected chi connectivity index (χ3v) is 4.12. The van der Waals surface area contributed by atoms with Gasteiger partial charge in [0.25, 0.3) is 0 Å². The Hall–Kier alpha value is -1.35. The van der Waals surface area contributed by atoms with E-state index >= 15 is 0 Å². The summed E-state index contributed by atoms with van der Waals surface area (Å²) in [5, 5.41) is 9.65. The smallest absolute Gasteiger partial charge is 0.316 e. The maximum atomic E-state index is 11.7. The maximum absolute atomic E-state index is 11.7. The van der Waals surface area contributed by atoms with E-state index in [0.717, 1.165) is 24.0 Å². The summed E-state index contributed by atoms with van der Waals surface area (Å²) < 4.78 is 5.76. The number of carboxylic acids is 1. The summed E-state index contributed by atoms with van der Waals surface area (Å²) in [5.74, 6) is -0.740. The van der Waals surface area contributed by atoms with Gasteiger partial charge in [0.1, 0.15) is 5.41 Å². The highest BCUT2D eigenvalue weighted by molar-refractivity contribution is 5.83. The van der Waals surface area contributed by atoms with Crippen LogP contribution in [0, 0.1) is 6.92 Å². The molecule has 2 saturated heterocycles. The van der Waals surface area contributed by atoms with Crippen LogP contribution in [0.1, 0.15) is 30.4 Å². The largest absolute Gasteiger partial charge is 0.481 e. The first kappa shape index (κ1) is 10.8. The molecular weight excluding hydrogens is 216 g/mol. The Balaban J connectivity index is 2.10. The summed E-state index contributed by atoms with van der Waals surface area (Å²) in [5.41, 5.74) is 1.19. The number of rotatable bonds is 2. The van der Waals surface area contributed by atoms with Crippen molar-refractivity contribution in [3.8, 4) is 0 Å². The van der Waals surface area contributed by atoms with Crippen molar-refractivity contribution >= 4 is 5.97 Å². The third-order valence-electron chi connectivity index (χ3n) is 4.12. The van der Waals surface area contributed by atoms with Crippen LogP contribution in [0.5, 0.6) is 0 Å². The highest BCUT2D eigenvalue weighted by Crippen LogP contribution is 2.49. The molecule has 2 bridgehead atoms. The first-order valence-corrected chi connectivity index (χ1v) is 6.09. The number of hydrogen-bond donors (Lipinski definition) is 1. The summed E-state index contributed by atoms with van der Waals surface area (Å²) in [7, 11) is 0. The topological polar surface area (TPSA) is 46.5 Å². The van der Waals surface area contributed by atoms with Crippen molar-refractivity contribution in [3.63, 3.8) is 0 Å². The lowest BCUT2D eigenvalue weighted by Gasteiger charge is -2.31. The lowest BCUT2D eigenvalue weighted by molar-refractivity contribution is -0.146. The van der Waals surface area contributed by atoms with Gasteiger partial charge in [0.05, 0.1) is 12.2 Å². The first-order valence-electron chi connectivity index (χ1n) is 6.09. The molecule has 90 valence electrons. The van der Waals surface area contributed by atoms with E-state index < -0.39 is 11.4 Å². The number of carboxylic acid groups (broad SMARTS) is 1. The predicted molar refractivity (Wildman–Crippen MR) is 63.0 cm³/mol. The molecule has 2 aliphatic heterocycles. The van der Waals surface area contributed by atoms with Gasteiger partial charge in [0.15, 0.2) is 0 Å². The number of fused-ring (bicyclic) bond motifs is 2. The van der Waals surface area contributed by atoms with Crippen molar-refractivity contribution in [1.82, 2.24) is 0 Å². The van der Waals surface area contributed by atoms with Gasteiger partial charge in [-0.2, -0.15) is 0 Å². The van der Waals surface area contributed by atoms with Crippen molar-refractivity contribution in [3.05, 3.63) is 35.4 Å². The minimum atomic E-state index is -0.811. The van der Waals surface area contributed by atoms with Crippen LogP contribution in [0.25, 0.3) is 0 Å². The average molecular weight is 232 g/mol. The second-order valence-electron chi connectivity index (χ2n) is 5.17. The molecule has 0 spiro atoms. The van der Waals surface area contributed by atoms with E-state index in [-0.39, 0.29) is 12.2 Å². The quantitative estimate of drug-likeness (QED) is 0.850. The molecule has 1 aromatic carbocycles. The highest BCUT2D eigenvalue weighted by atomic mass is 16.5. The van der Waals surface area contributed by atoms with Gasteiger partial charge in [-0.1, -0.05) is 29.8 Å². The van der Waals surface area contributed by atoms with Crippen LogP contribution < -0.4 is 0 Å². The molecule has 3 atom stereocenters. The Labute approximate surface area is 100 Å². The zero-order valence-corrected chi connectivity index (χ0v) is 9.85. The molecule has 3 nitrogen and oxygen atoms in total. The molecule has 3 unspecified atom stereocenters. The standard InChI is InChI=1S/C14H16O3/c1-9-3-2-4-10(7-9)14(13(15)16)8-11-5-6-12(14)17-11/h2-4,7,11-12H,5-6,8H2,1H3,(H,15,16). The average Bonchev–Trinajstić information content (AvgIpc) is 2.89. The monoisotopic (exact) mass is 232 g/mol. The normalized spacial score (nSPS) is 35.1. The van der Waals surface area contributed by atoms with Gasteiger partial charge in [0.2, 0.25) is 0 Å². The summed E-state index contributed by atoms with van der Waals surface area (Å²) in [6, 6.07) is 7.83. The fourth-order valence-electron chi connectivity index (χ4n) is 3.28. The highest BCUT2D eigenvalue weighted by Gasteiger charge is 2.58.